The lowest BCUT2D eigenvalue weighted by molar-refractivity contribution is -0.387. The summed E-state index contributed by atoms with van der Waals surface area (Å²) in [4.78, 5) is 25.0. The smallest absolute Gasteiger partial charge is 0.346 e. The van der Waals surface area contributed by atoms with Crippen LogP contribution in [0.2, 0.25) is 5.02 Å². The van der Waals surface area contributed by atoms with Gasteiger partial charge < -0.3 is 4.74 Å². The van der Waals surface area contributed by atoms with Crippen molar-refractivity contribution >= 4 is 50.9 Å². The number of hydrogen-bond acceptors (Lipinski definition) is 6. The number of esters is 1. The monoisotopic (exact) mass is 543 g/mol. The summed E-state index contributed by atoms with van der Waals surface area (Å²) in [6, 6.07) is 20.4. The standard InChI is InChI=1S/C23H15BrClN3O4S/c1-14-21(33-20-10-6-5-9-19(20)28(30)31)22(27(26-14)16-7-3-2-4-8-16)32-23(29)17-13-15(24)11-12-18(17)25/h2-13H,1H3. The number of para-hydroxylation sites is 2. The van der Waals surface area contributed by atoms with Crippen LogP contribution in [0.15, 0.2) is 87.1 Å². The first-order valence-electron chi connectivity index (χ1n) is 9.58. The van der Waals surface area contributed by atoms with Crippen LogP contribution in [0, 0.1) is 17.0 Å². The maximum Gasteiger partial charge on any atom is 0.346 e. The molecule has 10 heteroatoms. The molecular weight excluding hydrogens is 530 g/mol. The number of nitro benzene ring substituents is 1. The molecule has 0 N–H and O–H groups in total. The van der Waals surface area contributed by atoms with Gasteiger partial charge in [-0.25, -0.2) is 4.79 Å². The van der Waals surface area contributed by atoms with Crippen LogP contribution in [0.3, 0.4) is 0 Å². The van der Waals surface area contributed by atoms with E-state index in [1.165, 1.54) is 10.7 Å². The van der Waals surface area contributed by atoms with Gasteiger partial charge in [0.1, 0.15) is 0 Å². The molecule has 1 heterocycles. The van der Waals surface area contributed by atoms with Gasteiger partial charge in [-0.3, -0.25) is 10.1 Å². The van der Waals surface area contributed by atoms with E-state index in [-0.39, 0.29) is 22.2 Å². The molecule has 1 aromatic heterocycles. The summed E-state index contributed by atoms with van der Waals surface area (Å²) in [5.41, 5.74) is 1.33. The molecular formula is C23H15BrClN3O4S. The predicted octanol–water partition coefficient (Wildman–Crippen LogP) is 6.88. The molecule has 4 rings (SSSR count). The Balaban J connectivity index is 1.82. The maximum absolute atomic E-state index is 13.1. The van der Waals surface area contributed by atoms with Gasteiger partial charge in [0, 0.05) is 10.5 Å². The molecule has 0 aliphatic heterocycles. The van der Waals surface area contributed by atoms with Crippen molar-refractivity contribution in [3.63, 3.8) is 0 Å². The van der Waals surface area contributed by atoms with Crippen LogP contribution in [0.4, 0.5) is 5.69 Å². The summed E-state index contributed by atoms with van der Waals surface area (Å²) in [5.74, 6) is -0.536. The van der Waals surface area contributed by atoms with Crippen LogP contribution in [-0.4, -0.2) is 20.7 Å². The Hall–Kier alpha value is -3.14. The molecule has 0 radical (unpaired) electrons. The zero-order valence-corrected chi connectivity index (χ0v) is 20.2. The molecule has 0 unspecified atom stereocenters. The van der Waals surface area contributed by atoms with E-state index in [1.54, 1.807) is 43.3 Å². The number of aromatic nitrogens is 2. The van der Waals surface area contributed by atoms with Crippen LogP contribution in [0.1, 0.15) is 16.1 Å². The quantitative estimate of drug-likeness (QED) is 0.149. The molecule has 0 spiro atoms. The largest absolute Gasteiger partial charge is 0.402 e. The third-order valence-corrected chi connectivity index (χ3v) is 6.64. The van der Waals surface area contributed by atoms with Gasteiger partial charge in [-0.1, -0.05) is 69.6 Å². The van der Waals surface area contributed by atoms with Crippen LogP contribution < -0.4 is 4.74 Å². The number of carbonyl (C=O) groups is 1. The van der Waals surface area contributed by atoms with Crippen LogP contribution in [0.25, 0.3) is 5.69 Å². The van der Waals surface area contributed by atoms with E-state index in [0.29, 0.717) is 25.6 Å². The number of nitro groups is 1. The van der Waals surface area contributed by atoms with E-state index in [4.69, 9.17) is 16.3 Å². The van der Waals surface area contributed by atoms with Crippen molar-refractivity contribution < 1.29 is 14.5 Å². The van der Waals surface area contributed by atoms with Gasteiger partial charge in [0.15, 0.2) is 0 Å². The first kappa shape index (κ1) is 23.0. The molecule has 0 aliphatic rings. The number of benzene rings is 3. The third-order valence-electron chi connectivity index (χ3n) is 4.58. The SMILES string of the molecule is Cc1nn(-c2ccccc2)c(OC(=O)c2cc(Br)ccc2Cl)c1Sc1ccccc1[N+](=O)[O-]. The van der Waals surface area contributed by atoms with Crippen LogP contribution >= 0.6 is 39.3 Å². The molecule has 33 heavy (non-hydrogen) atoms. The Morgan fingerprint density at radius 1 is 1.12 bits per heavy atom. The topological polar surface area (TPSA) is 87.3 Å². The van der Waals surface area contributed by atoms with Gasteiger partial charge in [0.25, 0.3) is 5.69 Å². The Kier molecular flexibility index (Phi) is 6.83. The molecule has 0 saturated carbocycles. The van der Waals surface area contributed by atoms with Crippen molar-refractivity contribution in [3.05, 3.63) is 104 Å². The molecule has 7 nitrogen and oxygen atoms in total. The zero-order valence-electron chi connectivity index (χ0n) is 17.1. The highest BCUT2D eigenvalue weighted by atomic mass is 79.9. The fraction of sp³-hybridized carbons (Fsp3) is 0.0435. The average molecular weight is 545 g/mol. The highest BCUT2D eigenvalue weighted by molar-refractivity contribution is 9.10. The molecule has 4 aromatic rings. The van der Waals surface area contributed by atoms with Gasteiger partial charge in [-0.2, -0.15) is 9.78 Å². The third kappa shape index (κ3) is 4.95. The molecule has 166 valence electrons. The highest BCUT2D eigenvalue weighted by Crippen LogP contribution is 2.42. The minimum Gasteiger partial charge on any atom is -0.402 e. The lowest BCUT2D eigenvalue weighted by Gasteiger charge is -2.11. The van der Waals surface area contributed by atoms with Crippen molar-refractivity contribution in [3.8, 4) is 11.6 Å². The summed E-state index contributed by atoms with van der Waals surface area (Å²) in [7, 11) is 0. The fourth-order valence-electron chi connectivity index (χ4n) is 3.04. The summed E-state index contributed by atoms with van der Waals surface area (Å²) in [6.07, 6.45) is 0. The van der Waals surface area contributed by atoms with E-state index in [9.17, 15) is 14.9 Å². The highest BCUT2D eigenvalue weighted by Gasteiger charge is 2.26. The Morgan fingerprint density at radius 3 is 2.55 bits per heavy atom. The number of carbonyl (C=O) groups excluding carboxylic acids is 1. The van der Waals surface area contributed by atoms with Crippen LogP contribution in [0.5, 0.6) is 5.88 Å². The van der Waals surface area contributed by atoms with Crippen molar-refractivity contribution in [1.29, 1.82) is 0 Å². The number of hydrogen-bond donors (Lipinski definition) is 0. The van der Waals surface area contributed by atoms with Crippen LogP contribution in [-0.2, 0) is 0 Å². The summed E-state index contributed by atoms with van der Waals surface area (Å²) >= 11 is 10.7. The van der Waals surface area contributed by atoms with Gasteiger partial charge in [0.2, 0.25) is 5.88 Å². The first-order valence-corrected chi connectivity index (χ1v) is 11.6. The molecule has 0 atom stereocenters. The summed E-state index contributed by atoms with van der Waals surface area (Å²) < 4.78 is 7.98. The second-order valence-corrected chi connectivity index (χ2v) is 9.18. The summed E-state index contributed by atoms with van der Waals surface area (Å²) in [6.45, 7) is 1.75. The molecule has 0 amide bonds. The van der Waals surface area contributed by atoms with Crippen molar-refractivity contribution in [2.24, 2.45) is 0 Å². The number of aryl methyl sites for hydroxylation is 1. The van der Waals surface area contributed by atoms with Gasteiger partial charge in [0.05, 0.1) is 36.7 Å². The number of ether oxygens (including phenoxy) is 1. The van der Waals surface area contributed by atoms with Crippen molar-refractivity contribution in [2.45, 2.75) is 16.7 Å². The first-order chi connectivity index (χ1) is 15.8. The average Bonchev–Trinajstić information content (AvgIpc) is 3.11. The molecule has 3 aromatic carbocycles. The Morgan fingerprint density at radius 2 is 1.82 bits per heavy atom. The molecule has 0 bridgehead atoms. The van der Waals surface area contributed by atoms with E-state index in [1.807, 2.05) is 30.3 Å². The van der Waals surface area contributed by atoms with Crippen molar-refractivity contribution in [2.75, 3.05) is 0 Å². The predicted molar refractivity (Wildman–Crippen MR) is 130 cm³/mol. The Labute approximate surface area is 206 Å². The number of rotatable bonds is 6. The van der Waals surface area contributed by atoms with Gasteiger partial charge in [-0.05, 0) is 43.3 Å². The van der Waals surface area contributed by atoms with Crippen molar-refractivity contribution in [1.82, 2.24) is 9.78 Å². The number of halogens is 2. The lowest BCUT2D eigenvalue weighted by Crippen LogP contribution is -2.13. The second kappa shape index (κ2) is 9.78. The molecule has 0 fully saturated rings. The molecule has 0 aliphatic carbocycles. The summed E-state index contributed by atoms with van der Waals surface area (Å²) in [5, 5.41) is 16.3. The minimum atomic E-state index is -0.678. The number of nitrogens with zero attached hydrogens (tertiary/aromatic N) is 3. The van der Waals surface area contributed by atoms with E-state index < -0.39 is 10.9 Å². The lowest BCUT2D eigenvalue weighted by atomic mass is 10.2. The fourth-order valence-corrected chi connectivity index (χ4v) is 4.62. The Bertz CT molecular complexity index is 1360. The maximum atomic E-state index is 13.1. The minimum absolute atomic E-state index is 0.0540. The van der Waals surface area contributed by atoms with Gasteiger partial charge >= 0.3 is 5.97 Å². The van der Waals surface area contributed by atoms with E-state index in [0.717, 1.165) is 11.8 Å². The van der Waals surface area contributed by atoms with Gasteiger partial charge in [-0.15, -0.1) is 0 Å². The normalized spacial score (nSPS) is 10.8. The zero-order chi connectivity index (χ0) is 23.5. The van der Waals surface area contributed by atoms with E-state index >= 15 is 0 Å². The molecule has 0 saturated heterocycles. The second-order valence-electron chi connectivity index (χ2n) is 6.81. The van der Waals surface area contributed by atoms with E-state index in [2.05, 4.69) is 21.0 Å².